The van der Waals surface area contributed by atoms with E-state index in [9.17, 15) is 9.59 Å². The van der Waals surface area contributed by atoms with Gasteiger partial charge in [-0.1, -0.05) is 24.3 Å². The highest BCUT2D eigenvalue weighted by atomic mass is 16.5. The van der Waals surface area contributed by atoms with E-state index in [1.165, 1.54) is 5.56 Å². The summed E-state index contributed by atoms with van der Waals surface area (Å²) in [4.78, 5) is 29.1. The van der Waals surface area contributed by atoms with E-state index in [0.29, 0.717) is 25.5 Å². The molecule has 2 heterocycles. The first kappa shape index (κ1) is 20.8. The minimum Gasteiger partial charge on any atom is -0.477 e. The lowest BCUT2D eigenvalue weighted by Crippen LogP contribution is -2.28. The number of amides is 1. The molecule has 1 fully saturated rings. The molecule has 0 aliphatic carbocycles. The maximum Gasteiger partial charge on any atom is 0.354 e. The zero-order chi connectivity index (χ0) is 20.6. The van der Waals surface area contributed by atoms with Gasteiger partial charge in [-0.3, -0.25) is 4.79 Å². The molecule has 3 rings (SSSR count). The largest absolute Gasteiger partial charge is 0.477 e. The summed E-state index contributed by atoms with van der Waals surface area (Å²) in [5, 5.41) is 11.9. The fourth-order valence-corrected chi connectivity index (χ4v) is 3.63. The van der Waals surface area contributed by atoms with E-state index in [1.807, 2.05) is 18.2 Å². The summed E-state index contributed by atoms with van der Waals surface area (Å²) in [5.41, 5.74) is 3.23. The molecule has 0 bridgehead atoms. The molecule has 154 valence electrons. The number of rotatable bonds is 9. The van der Waals surface area contributed by atoms with Crippen LogP contribution in [0.25, 0.3) is 0 Å². The number of aromatic carboxylic acids is 1. The lowest BCUT2D eigenvalue weighted by molar-refractivity contribution is -0.120. The summed E-state index contributed by atoms with van der Waals surface area (Å²) in [6.07, 6.45) is 3.95. The average molecular weight is 397 g/mol. The van der Waals surface area contributed by atoms with Crippen LogP contribution >= 0.6 is 0 Å². The lowest BCUT2D eigenvalue weighted by Gasteiger charge is -2.19. The second-order valence-corrected chi connectivity index (χ2v) is 7.35. The third-order valence-corrected chi connectivity index (χ3v) is 5.15. The first-order chi connectivity index (χ1) is 14.0. The first-order valence-corrected chi connectivity index (χ1v) is 9.83. The Morgan fingerprint density at radius 2 is 2.00 bits per heavy atom. The molecule has 1 amide bonds. The second kappa shape index (κ2) is 10.0. The van der Waals surface area contributed by atoms with Gasteiger partial charge < -0.3 is 20.1 Å². The number of benzene rings is 1. The molecular weight excluding hydrogens is 370 g/mol. The smallest absolute Gasteiger partial charge is 0.354 e. The Kier molecular flexibility index (Phi) is 7.19. The molecule has 0 radical (unpaired) electrons. The van der Waals surface area contributed by atoms with Crippen LogP contribution in [-0.4, -0.2) is 55.3 Å². The summed E-state index contributed by atoms with van der Waals surface area (Å²) < 4.78 is 4.93. The standard InChI is InChI=1S/C22H27N3O4/c1-29-11-9-24-21(26)13-17-4-2-16(3-5-17)12-18-7-10-25(15-18)19-6-8-23-20(14-19)22(27)28/h2-6,8,14,18H,7,9-13,15H2,1H3,(H,24,26)(H,27,28). The van der Waals surface area contributed by atoms with Crippen molar-refractivity contribution in [2.45, 2.75) is 19.3 Å². The van der Waals surface area contributed by atoms with Crippen molar-refractivity contribution in [1.29, 1.82) is 0 Å². The Labute approximate surface area is 170 Å². The summed E-state index contributed by atoms with van der Waals surface area (Å²) >= 11 is 0. The van der Waals surface area contributed by atoms with E-state index in [1.54, 1.807) is 19.4 Å². The topological polar surface area (TPSA) is 91.8 Å². The Balaban J connectivity index is 1.50. The number of methoxy groups -OCH3 is 1. The van der Waals surface area contributed by atoms with Crippen LogP contribution in [-0.2, 0) is 22.4 Å². The maximum absolute atomic E-state index is 11.9. The van der Waals surface area contributed by atoms with E-state index >= 15 is 0 Å². The van der Waals surface area contributed by atoms with Gasteiger partial charge in [-0.05, 0) is 42.0 Å². The van der Waals surface area contributed by atoms with Crippen molar-refractivity contribution in [2.24, 2.45) is 5.92 Å². The molecule has 7 nitrogen and oxygen atoms in total. The number of carbonyl (C=O) groups excluding carboxylic acids is 1. The third kappa shape index (κ3) is 6.02. The summed E-state index contributed by atoms with van der Waals surface area (Å²) in [7, 11) is 1.61. The van der Waals surface area contributed by atoms with Crippen LogP contribution in [0.2, 0.25) is 0 Å². The third-order valence-electron chi connectivity index (χ3n) is 5.15. The predicted octanol–water partition coefficient (Wildman–Crippen LogP) is 2.15. The summed E-state index contributed by atoms with van der Waals surface area (Å²) in [6.45, 7) is 2.84. The van der Waals surface area contributed by atoms with Gasteiger partial charge in [-0.15, -0.1) is 0 Å². The van der Waals surface area contributed by atoms with Gasteiger partial charge in [0, 0.05) is 38.6 Å². The Morgan fingerprint density at radius 1 is 1.24 bits per heavy atom. The van der Waals surface area contributed by atoms with E-state index in [4.69, 9.17) is 9.84 Å². The molecule has 0 spiro atoms. The van der Waals surface area contributed by atoms with Crippen molar-refractivity contribution >= 4 is 17.6 Å². The number of anilines is 1. The predicted molar refractivity (Wildman–Crippen MR) is 110 cm³/mol. The second-order valence-electron chi connectivity index (χ2n) is 7.35. The molecule has 1 unspecified atom stereocenters. The number of ether oxygens (including phenoxy) is 1. The number of carboxylic acid groups (broad SMARTS) is 1. The highest BCUT2D eigenvalue weighted by Gasteiger charge is 2.23. The molecule has 7 heteroatoms. The fraction of sp³-hybridized carbons (Fsp3) is 0.409. The SMILES string of the molecule is COCCNC(=O)Cc1ccc(CC2CCN(c3ccnc(C(=O)O)c3)C2)cc1. The van der Waals surface area contributed by atoms with Crippen molar-refractivity contribution in [1.82, 2.24) is 10.3 Å². The van der Waals surface area contributed by atoms with E-state index < -0.39 is 5.97 Å². The Bertz CT molecular complexity index is 838. The highest BCUT2D eigenvalue weighted by molar-refractivity contribution is 5.86. The van der Waals surface area contributed by atoms with Crippen molar-refractivity contribution in [3.63, 3.8) is 0 Å². The van der Waals surface area contributed by atoms with Gasteiger partial charge >= 0.3 is 5.97 Å². The van der Waals surface area contributed by atoms with Crippen molar-refractivity contribution in [2.75, 3.05) is 38.3 Å². The molecule has 2 N–H and O–H groups in total. The van der Waals surface area contributed by atoms with Gasteiger partial charge in [0.25, 0.3) is 0 Å². The zero-order valence-electron chi connectivity index (χ0n) is 16.6. The molecular formula is C22H27N3O4. The number of nitrogens with zero attached hydrogens (tertiary/aromatic N) is 2. The maximum atomic E-state index is 11.9. The Morgan fingerprint density at radius 3 is 2.72 bits per heavy atom. The van der Waals surface area contributed by atoms with Crippen LogP contribution in [0, 0.1) is 5.92 Å². The van der Waals surface area contributed by atoms with Gasteiger partial charge in [0.05, 0.1) is 13.0 Å². The van der Waals surface area contributed by atoms with Crippen LogP contribution in [0.5, 0.6) is 0 Å². The van der Waals surface area contributed by atoms with Crippen LogP contribution in [0.15, 0.2) is 42.6 Å². The molecule has 1 aliphatic heterocycles. The Hall–Kier alpha value is -2.93. The van der Waals surface area contributed by atoms with Crippen LogP contribution in [0.4, 0.5) is 5.69 Å². The van der Waals surface area contributed by atoms with Crippen LogP contribution in [0.1, 0.15) is 28.0 Å². The molecule has 1 saturated heterocycles. The van der Waals surface area contributed by atoms with Gasteiger partial charge in [0.1, 0.15) is 5.69 Å². The highest BCUT2D eigenvalue weighted by Crippen LogP contribution is 2.26. The molecule has 0 saturated carbocycles. The minimum absolute atomic E-state index is 0.000634. The van der Waals surface area contributed by atoms with Crippen LogP contribution in [0.3, 0.4) is 0 Å². The number of pyridine rings is 1. The normalized spacial score (nSPS) is 16.0. The molecule has 1 aromatic carbocycles. The average Bonchev–Trinajstić information content (AvgIpc) is 3.18. The molecule has 29 heavy (non-hydrogen) atoms. The first-order valence-electron chi connectivity index (χ1n) is 9.83. The van der Waals surface area contributed by atoms with Gasteiger partial charge in [-0.2, -0.15) is 0 Å². The number of hydrogen-bond donors (Lipinski definition) is 2. The number of nitrogens with one attached hydrogen (secondary N) is 1. The number of hydrogen-bond acceptors (Lipinski definition) is 5. The van der Waals surface area contributed by atoms with Crippen molar-refractivity contribution in [3.8, 4) is 0 Å². The van der Waals surface area contributed by atoms with Crippen molar-refractivity contribution in [3.05, 3.63) is 59.4 Å². The molecule has 1 atom stereocenters. The zero-order valence-corrected chi connectivity index (χ0v) is 16.6. The van der Waals surface area contributed by atoms with E-state index in [2.05, 4.69) is 27.3 Å². The number of carboxylic acids is 1. The molecule has 1 aromatic heterocycles. The summed E-state index contributed by atoms with van der Waals surface area (Å²) in [5.74, 6) is -0.492. The van der Waals surface area contributed by atoms with Gasteiger partial charge in [0.15, 0.2) is 0 Å². The van der Waals surface area contributed by atoms with Crippen LogP contribution < -0.4 is 10.2 Å². The number of carbonyl (C=O) groups is 2. The van der Waals surface area contributed by atoms with Gasteiger partial charge in [-0.25, -0.2) is 9.78 Å². The monoisotopic (exact) mass is 397 g/mol. The fourth-order valence-electron chi connectivity index (χ4n) is 3.63. The minimum atomic E-state index is -1.00. The lowest BCUT2D eigenvalue weighted by atomic mass is 9.97. The number of aromatic nitrogens is 1. The van der Waals surface area contributed by atoms with E-state index in [0.717, 1.165) is 37.2 Å². The van der Waals surface area contributed by atoms with E-state index in [-0.39, 0.29) is 11.6 Å². The van der Waals surface area contributed by atoms with Gasteiger partial charge in [0.2, 0.25) is 5.91 Å². The summed E-state index contributed by atoms with van der Waals surface area (Å²) in [6, 6.07) is 11.7. The van der Waals surface area contributed by atoms with Crippen molar-refractivity contribution < 1.29 is 19.4 Å². The molecule has 1 aliphatic rings. The quantitative estimate of drug-likeness (QED) is 0.630. The molecule has 2 aromatic rings.